The highest BCUT2D eigenvalue weighted by Crippen LogP contribution is 2.25. The number of esters is 1. The van der Waals surface area contributed by atoms with Gasteiger partial charge >= 0.3 is 5.97 Å². The van der Waals surface area contributed by atoms with Crippen LogP contribution < -0.4 is 0 Å². The van der Waals surface area contributed by atoms with Crippen LogP contribution in [-0.4, -0.2) is 11.0 Å². The van der Waals surface area contributed by atoms with E-state index in [1.807, 2.05) is 0 Å². The molecule has 0 aliphatic carbocycles. The number of furan rings is 1. The molecular formula is C18H14FNO3. The fraction of sp³-hybridized carbons (Fsp3) is 0.111. The summed E-state index contributed by atoms with van der Waals surface area (Å²) in [6, 6.07) is 14.6. The quantitative estimate of drug-likeness (QED) is 0.674. The lowest BCUT2D eigenvalue weighted by molar-refractivity contribution is -0.147. The van der Waals surface area contributed by atoms with Crippen molar-refractivity contribution in [3.63, 3.8) is 0 Å². The van der Waals surface area contributed by atoms with E-state index in [4.69, 9.17) is 9.15 Å². The number of carbonyl (C=O) groups excluding carboxylic acids is 1. The first-order valence-electron chi connectivity index (χ1n) is 7.10. The molecule has 0 bridgehead atoms. The SMILES string of the molecule is O=C(Cc1ccco1)OC(c1cccc(F)c1)c1ccccn1. The van der Waals surface area contributed by atoms with Crippen LogP contribution in [0.3, 0.4) is 0 Å². The molecule has 0 saturated heterocycles. The van der Waals surface area contributed by atoms with Crippen LogP contribution in [0, 0.1) is 5.82 Å². The average Bonchev–Trinajstić information content (AvgIpc) is 3.06. The molecule has 0 amide bonds. The van der Waals surface area contributed by atoms with Gasteiger partial charge in [0.05, 0.1) is 12.0 Å². The Morgan fingerprint density at radius 3 is 2.78 bits per heavy atom. The van der Waals surface area contributed by atoms with E-state index < -0.39 is 17.9 Å². The van der Waals surface area contributed by atoms with E-state index in [1.54, 1.807) is 48.7 Å². The zero-order valence-corrected chi connectivity index (χ0v) is 12.2. The van der Waals surface area contributed by atoms with Crippen molar-refractivity contribution in [2.75, 3.05) is 0 Å². The average molecular weight is 311 g/mol. The Balaban J connectivity index is 1.85. The number of rotatable bonds is 5. The van der Waals surface area contributed by atoms with Crippen LogP contribution >= 0.6 is 0 Å². The van der Waals surface area contributed by atoms with Crippen LogP contribution in [0.25, 0.3) is 0 Å². The minimum Gasteiger partial charge on any atom is -0.469 e. The van der Waals surface area contributed by atoms with E-state index in [0.29, 0.717) is 17.0 Å². The highest BCUT2D eigenvalue weighted by Gasteiger charge is 2.21. The Morgan fingerprint density at radius 2 is 2.09 bits per heavy atom. The van der Waals surface area contributed by atoms with E-state index in [0.717, 1.165) is 0 Å². The van der Waals surface area contributed by atoms with E-state index in [1.165, 1.54) is 18.4 Å². The molecule has 3 aromatic rings. The van der Waals surface area contributed by atoms with Gasteiger partial charge in [-0.2, -0.15) is 0 Å². The lowest BCUT2D eigenvalue weighted by Gasteiger charge is -2.17. The van der Waals surface area contributed by atoms with Crippen molar-refractivity contribution >= 4 is 5.97 Å². The number of ether oxygens (including phenoxy) is 1. The molecule has 2 heterocycles. The second-order valence-corrected chi connectivity index (χ2v) is 4.94. The minimum atomic E-state index is -0.769. The molecule has 1 unspecified atom stereocenters. The number of aromatic nitrogens is 1. The van der Waals surface area contributed by atoms with Gasteiger partial charge in [-0.3, -0.25) is 9.78 Å². The molecule has 0 saturated carbocycles. The number of benzene rings is 1. The van der Waals surface area contributed by atoms with Crippen LogP contribution in [0.5, 0.6) is 0 Å². The summed E-state index contributed by atoms with van der Waals surface area (Å²) in [4.78, 5) is 16.4. The third-order valence-electron chi connectivity index (χ3n) is 3.26. The van der Waals surface area contributed by atoms with Crippen LogP contribution in [0.1, 0.15) is 23.1 Å². The second kappa shape index (κ2) is 6.87. The molecule has 0 spiro atoms. The first-order chi connectivity index (χ1) is 11.2. The number of pyridine rings is 1. The van der Waals surface area contributed by atoms with Gasteiger partial charge in [-0.1, -0.05) is 18.2 Å². The van der Waals surface area contributed by atoms with Crippen molar-refractivity contribution in [3.8, 4) is 0 Å². The number of hydrogen-bond acceptors (Lipinski definition) is 4. The van der Waals surface area contributed by atoms with Crippen molar-refractivity contribution in [3.05, 3.63) is 89.9 Å². The topological polar surface area (TPSA) is 52.3 Å². The Labute approximate surface area is 132 Å². The van der Waals surface area contributed by atoms with Crippen molar-refractivity contribution in [1.29, 1.82) is 0 Å². The number of halogens is 1. The molecule has 4 nitrogen and oxygen atoms in total. The summed E-state index contributed by atoms with van der Waals surface area (Å²) in [5.41, 5.74) is 1.06. The van der Waals surface area contributed by atoms with Gasteiger partial charge in [0.2, 0.25) is 0 Å². The van der Waals surface area contributed by atoms with Crippen LogP contribution in [0.4, 0.5) is 4.39 Å². The van der Waals surface area contributed by atoms with E-state index >= 15 is 0 Å². The van der Waals surface area contributed by atoms with Crippen molar-refractivity contribution in [2.24, 2.45) is 0 Å². The number of carbonyl (C=O) groups is 1. The van der Waals surface area contributed by atoms with E-state index in [2.05, 4.69) is 4.98 Å². The lowest BCUT2D eigenvalue weighted by Crippen LogP contribution is -2.15. The molecule has 1 atom stereocenters. The Hall–Kier alpha value is -2.95. The highest BCUT2D eigenvalue weighted by molar-refractivity contribution is 5.72. The predicted molar refractivity (Wildman–Crippen MR) is 81.0 cm³/mol. The van der Waals surface area contributed by atoms with Crippen molar-refractivity contribution < 1.29 is 18.3 Å². The van der Waals surface area contributed by atoms with E-state index in [9.17, 15) is 9.18 Å². The molecular weight excluding hydrogens is 297 g/mol. The van der Waals surface area contributed by atoms with Gasteiger partial charge in [0.15, 0.2) is 6.10 Å². The molecule has 0 fully saturated rings. The van der Waals surface area contributed by atoms with Crippen molar-refractivity contribution in [1.82, 2.24) is 4.98 Å². The second-order valence-electron chi connectivity index (χ2n) is 4.94. The fourth-order valence-electron chi connectivity index (χ4n) is 2.23. The lowest BCUT2D eigenvalue weighted by atomic mass is 10.1. The van der Waals surface area contributed by atoms with Gasteiger partial charge in [-0.25, -0.2) is 4.39 Å². The molecule has 116 valence electrons. The largest absolute Gasteiger partial charge is 0.469 e. The maximum Gasteiger partial charge on any atom is 0.314 e. The standard InChI is InChI=1S/C18H14FNO3/c19-14-6-3-5-13(11-14)18(16-8-1-2-9-20-16)23-17(21)12-15-7-4-10-22-15/h1-11,18H,12H2. The normalized spacial score (nSPS) is 11.9. The van der Waals surface area contributed by atoms with Gasteiger partial charge < -0.3 is 9.15 Å². The maximum absolute atomic E-state index is 13.5. The number of nitrogens with zero attached hydrogens (tertiary/aromatic N) is 1. The smallest absolute Gasteiger partial charge is 0.314 e. The summed E-state index contributed by atoms with van der Waals surface area (Å²) in [6.45, 7) is 0. The molecule has 5 heteroatoms. The predicted octanol–water partition coefficient (Wildman–Crippen LogP) is 3.69. The summed E-state index contributed by atoms with van der Waals surface area (Å²) < 4.78 is 24.2. The third kappa shape index (κ3) is 3.83. The zero-order valence-electron chi connectivity index (χ0n) is 12.2. The monoisotopic (exact) mass is 311 g/mol. The summed E-state index contributed by atoms with van der Waals surface area (Å²) in [6.07, 6.45) is 2.33. The first-order valence-corrected chi connectivity index (χ1v) is 7.10. The summed E-state index contributed by atoms with van der Waals surface area (Å²) in [7, 11) is 0. The van der Waals surface area contributed by atoms with E-state index in [-0.39, 0.29) is 6.42 Å². The number of hydrogen-bond donors (Lipinski definition) is 0. The molecule has 3 rings (SSSR count). The molecule has 1 aromatic carbocycles. The summed E-state index contributed by atoms with van der Waals surface area (Å²) in [5.74, 6) is -0.362. The summed E-state index contributed by atoms with van der Waals surface area (Å²) in [5, 5.41) is 0. The molecule has 0 aliphatic rings. The Morgan fingerprint density at radius 1 is 1.17 bits per heavy atom. The van der Waals surface area contributed by atoms with Gasteiger partial charge in [-0.15, -0.1) is 0 Å². The Bertz CT molecular complexity index is 772. The molecule has 0 radical (unpaired) electrons. The first kappa shape index (κ1) is 15.0. The van der Waals surface area contributed by atoms with Gasteiger partial charge in [0.1, 0.15) is 18.0 Å². The fourth-order valence-corrected chi connectivity index (χ4v) is 2.23. The highest BCUT2D eigenvalue weighted by atomic mass is 19.1. The van der Waals surface area contributed by atoms with Crippen LogP contribution in [0.15, 0.2) is 71.5 Å². The molecule has 0 N–H and O–H groups in total. The minimum absolute atomic E-state index is 0.00560. The van der Waals surface area contributed by atoms with Crippen molar-refractivity contribution in [2.45, 2.75) is 12.5 Å². The molecule has 23 heavy (non-hydrogen) atoms. The van der Waals surface area contributed by atoms with Crippen LogP contribution in [0.2, 0.25) is 0 Å². The third-order valence-corrected chi connectivity index (χ3v) is 3.26. The van der Waals surface area contributed by atoms with Gasteiger partial charge in [0.25, 0.3) is 0 Å². The van der Waals surface area contributed by atoms with Crippen LogP contribution in [-0.2, 0) is 16.0 Å². The molecule has 0 aliphatic heterocycles. The summed E-state index contributed by atoms with van der Waals surface area (Å²) >= 11 is 0. The van der Waals surface area contributed by atoms with Gasteiger partial charge in [0, 0.05) is 11.8 Å². The Kier molecular flexibility index (Phi) is 4.47. The zero-order chi connectivity index (χ0) is 16.1. The van der Waals surface area contributed by atoms with Gasteiger partial charge in [-0.05, 0) is 36.4 Å². The molecule has 2 aromatic heterocycles. The maximum atomic E-state index is 13.5.